The normalized spacial score (nSPS) is 16.6. The Labute approximate surface area is 186 Å². The SMILES string of the molecule is CCOC(=O)CCCc1cc2ccc3ccc4c5c6c7c(ccc1c7c2c35)=CCC6C=C4. The van der Waals surface area contributed by atoms with E-state index in [1.165, 1.54) is 65.0 Å². The second kappa shape index (κ2) is 6.56. The summed E-state index contributed by atoms with van der Waals surface area (Å²) >= 11 is 0. The molecular formula is C30H24O2. The minimum atomic E-state index is -0.0961. The highest BCUT2D eigenvalue weighted by Gasteiger charge is 2.27. The molecule has 0 saturated carbocycles. The zero-order valence-electron chi connectivity index (χ0n) is 18.2. The van der Waals surface area contributed by atoms with Gasteiger partial charge in [-0.25, -0.2) is 0 Å². The van der Waals surface area contributed by atoms with E-state index in [2.05, 4.69) is 60.7 Å². The van der Waals surface area contributed by atoms with Crippen LogP contribution in [0.25, 0.3) is 55.2 Å². The van der Waals surface area contributed by atoms with E-state index in [4.69, 9.17) is 4.74 Å². The molecule has 7 rings (SSSR count). The van der Waals surface area contributed by atoms with Crippen molar-refractivity contribution in [3.8, 4) is 0 Å². The summed E-state index contributed by atoms with van der Waals surface area (Å²) in [6.45, 7) is 2.31. The zero-order valence-corrected chi connectivity index (χ0v) is 18.2. The van der Waals surface area contributed by atoms with Crippen molar-refractivity contribution in [2.75, 3.05) is 6.61 Å². The number of benzene rings is 5. The first kappa shape index (κ1) is 18.2. The number of hydrogen-bond donors (Lipinski definition) is 0. The molecule has 5 aromatic rings. The van der Waals surface area contributed by atoms with E-state index < -0.39 is 0 Å². The highest BCUT2D eigenvalue weighted by Crippen LogP contribution is 2.49. The van der Waals surface area contributed by atoms with Gasteiger partial charge in [0, 0.05) is 12.3 Å². The minimum Gasteiger partial charge on any atom is -0.466 e. The maximum Gasteiger partial charge on any atom is 0.305 e. The van der Waals surface area contributed by atoms with Crippen LogP contribution in [0, 0.1) is 0 Å². The summed E-state index contributed by atoms with van der Waals surface area (Å²) in [6.07, 6.45) is 10.4. The Balaban J connectivity index is 1.56. The van der Waals surface area contributed by atoms with Crippen molar-refractivity contribution in [1.82, 2.24) is 0 Å². The fraction of sp³-hybridized carbons (Fsp3) is 0.233. The van der Waals surface area contributed by atoms with Gasteiger partial charge in [0.2, 0.25) is 0 Å². The second-order valence-electron chi connectivity index (χ2n) is 9.26. The maximum absolute atomic E-state index is 11.9. The van der Waals surface area contributed by atoms with Gasteiger partial charge in [-0.1, -0.05) is 60.7 Å². The van der Waals surface area contributed by atoms with Crippen molar-refractivity contribution in [2.45, 2.75) is 38.5 Å². The number of ether oxygens (including phenoxy) is 1. The van der Waals surface area contributed by atoms with E-state index in [9.17, 15) is 4.79 Å². The Morgan fingerprint density at radius 3 is 2.72 bits per heavy atom. The van der Waals surface area contributed by atoms with Gasteiger partial charge in [0.1, 0.15) is 0 Å². The van der Waals surface area contributed by atoms with Crippen LogP contribution in [-0.4, -0.2) is 12.6 Å². The van der Waals surface area contributed by atoms with Crippen LogP contribution < -0.4 is 5.22 Å². The number of allylic oxidation sites excluding steroid dienone is 1. The van der Waals surface area contributed by atoms with Gasteiger partial charge < -0.3 is 4.74 Å². The summed E-state index contributed by atoms with van der Waals surface area (Å²) in [4.78, 5) is 11.9. The number of carbonyl (C=O) groups is 1. The quantitative estimate of drug-likeness (QED) is 0.182. The summed E-state index contributed by atoms with van der Waals surface area (Å²) in [7, 11) is 0. The minimum absolute atomic E-state index is 0.0961. The standard InChI is InChI=1S/C30H24O2/c1-2-32-24(31)5-3-4-21-16-22-13-12-19-9-7-17-6-8-18-10-11-20-14-15-23(21)30-28(20)26(18)25(17)27(19)29(22)30/h6-9,11-16,18H,2-5,10H2,1H3. The Morgan fingerprint density at radius 1 is 0.969 bits per heavy atom. The van der Waals surface area contributed by atoms with Gasteiger partial charge >= 0.3 is 5.97 Å². The molecule has 0 aliphatic heterocycles. The Morgan fingerprint density at radius 2 is 1.81 bits per heavy atom. The van der Waals surface area contributed by atoms with Crippen LogP contribution in [0.1, 0.15) is 48.8 Å². The fourth-order valence-electron chi connectivity index (χ4n) is 6.27. The summed E-state index contributed by atoms with van der Waals surface area (Å²) in [5.74, 6) is 0.364. The molecule has 1 atom stereocenters. The van der Waals surface area contributed by atoms with Gasteiger partial charge in [0.15, 0.2) is 0 Å². The maximum atomic E-state index is 11.9. The second-order valence-corrected chi connectivity index (χ2v) is 9.26. The van der Waals surface area contributed by atoms with Gasteiger partial charge in [-0.2, -0.15) is 0 Å². The molecule has 5 aromatic carbocycles. The Hall–Kier alpha value is -3.39. The van der Waals surface area contributed by atoms with Crippen molar-refractivity contribution in [2.24, 2.45) is 0 Å². The van der Waals surface area contributed by atoms with Gasteiger partial charge in [0.05, 0.1) is 6.61 Å². The lowest BCUT2D eigenvalue weighted by atomic mass is 9.74. The van der Waals surface area contributed by atoms with Crippen LogP contribution >= 0.6 is 0 Å². The molecule has 0 heterocycles. The molecule has 2 aliphatic carbocycles. The molecule has 0 saturated heterocycles. The molecule has 2 nitrogen and oxygen atoms in total. The molecule has 0 aromatic heterocycles. The lowest BCUT2D eigenvalue weighted by Crippen LogP contribution is -2.16. The van der Waals surface area contributed by atoms with E-state index in [1.807, 2.05) is 6.92 Å². The van der Waals surface area contributed by atoms with Crippen LogP contribution in [0.15, 0.2) is 48.5 Å². The molecule has 32 heavy (non-hydrogen) atoms. The van der Waals surface area contributed by atoms with Gasteiger partial charge in [0.25, 0.3) is 0 Å². The van der Waals surface area contributed by atoms with Crippen molar-refractivity contribution in [1.29, 1.82) is 0 Å². The summed E-state index contributed by atoms with van der Waals surface area (Å²) < 4.78 is 5.14. The third kappa shape index (κ3) is 2.33. The highest BCUT2D eigenvalue weighted by atomic mass is 16.5. The van der Waals surface area contributed by atoms with E-state index >= 15 is 0 Å². The number of rotatable bonds is 5. The highest BCUT2D eigenvalue weighted by molar-refractivity contribution is 6.34. The monoisotopic (exact) mass is 416 g/mol. The van der Waals surface area contributed by atoms with Crippen LogP contribution in [0.4, 0.5) is 0 Å². The number of hydrogen-bond acceptors (Lipinski definition) is 2. The summed E-state index contributed by atoms with van der Waals surface area (Å²) in [6, 6.07) is 16.1. The van der Waals surface area contributed by atoms with Crippen molar-refractivity contribution >= 4 is 61.2 Å². The summed E-state index contributed by atoms with van der Waals surface area (Å²) in [5, 5.41) is 12.5. The predicted octanol–water partition coefficient (Wildman–Crippen LogP) is 6.64. The van der Waals surface area contributed by atoms with E-state index in [0.29, 0.717) is 18.9 Å². The van der Waals surface area contributed by atoms with Crippen molar-refractivity contribution < 1.29 is 9.53 Å². The number of aryl methyl sites for hydroxylation is 1. The molecule has 0 bridgehead atoms. The Kier molecular flexibility index (Phi) is 3.73. The molecule has 2 aliphatic rings. The molecular weight excluding hydrogens is 392 g/mol. The van der Waals surface area contributed by atoms with E-state index in [1.54, 1.807) is 0 Å². The Bertz CT molecular complexity index is 1650. The molecule has 0 N–H and O–H groups in total. The first-order valence-electron chi connectivity index (χ1n) is 11.8. The van der Waals surface area contributed by atoms with Gasteiger partial charge in [-0.15, -0.1) is 0 Å². The molecule has 0 fully saturated rings. The van der Waals surface area contributed by atoms with Crippen LogP contribution in [-0.2, 0) is 16.0 Å². The number of carbonyl (C=O) groups excluding carboxylic acids is 1. The van der Waals surface area contributed by atoms with E-state index in [-0.39, 0.29) is 5.97 Å². The predicted molar refractivity (Wildman–Crippen MR) is 133 cm³/mol. The van der Waals surface area contributed by atoms with Crippen molar-refractivity contribution in [3.05, 3.63) is 70.4 Å². The third-order valence-electron chi connectivity index (χ3n) is 7.56. The van der Waals surface area contributed by atoms with Crippen LogP contribution in [0.5, 0.6) is 0 Å². The molecule has 0 spiro atoms. The topological polar surface area (TPSA) is 26.3 Å². The molecule has 1 unspecified atom stereocenters. The molecule has 0 radical (unpaired) electrons. The average molecular weight is 417 g/mol. The van der Waals surface area contributed by atoms with Gasteiger partial charge in [-0.3, -0.25) is 4.79 Å². The zero-order chi connectivity index (χ0) is 21.4. The smallest absolute Gasteiger partial charge is 0.305 e. The fourth-order valence-corrected chi connectivity index (χ4v) is 6.27. The average Bonchev–Trinajstić information content (AvgIpc) is 2.82. The lowest BCUT2D eigenvalue weighted by Gasteiger charge is -2.29. The largest absolute Gasteiger partial charge is 0.466 e. The van der Waals surface area contributed by atoms with Crippen molar-refractivity contribution in [3.63, 3.8) is 0 Å². The van der Waals surface area contributed by atoms with Crippen LogP contribution in [0.2, 0.25) is 0 Å². The van der Waals surface area contributed by atoms with Gasteiger partial charge in [-0.05, 0) is 91.2 Å². The molecule has 156 valence electrons. The molecule has 0 amide bonds. The van der Waals surface area contributed by atoms with Crippen LogP contribution in [0.3, 0.4) is 0 Å². The first-order valence-corrected chi connectivity index (χ1v) is 11.8. The van der Waals surface area contributed by atoms with E-state index in [0.717, 1.165) is 19.3 Å². The lowest BCUT2D eigenvalue weighted by molar-refractivity contribution is -0.143. The molecule has 2 heteroatoms. The third-order valence-corrected chi connectivity index (χ3v) is 7.56. The summed E-state index contributed by atoms with van der Waals surface area (Å²) in [5.41, 5.74) is 4.22. The first-order chi connectivity index (χ1) is 15.7. The number of esters is 1.